The Morgan fingerprint density at radius 1 is 0.857 bits per heavy atom. The highest BCUT2D eigenvalue weighted by atomic mass is 19.4. The van der Waals surface area contributed by atoms with E-state index in [4.69, 9.17) is 0 Å². The fourth-order valence-electron chi connectivity index (χ4n) is 2.98. The molecule has 4 nitrogen and oxygen atoms in total. The lowest BCUT2D eigenvalue weighted by atomic mass is 9.93. The number of hydrogen-bond acceptors (Lipinski definition) is 4. The predicted molar refractivity (Wildman–Crippen MR) is 126 cm³/mol. The van der Waals surface area contributed by atoms with Gasteiger partial charge in [-0.05, 0) is 47.5 Å². The number of alkyl halides is 6. The van der Waals surface area contributed by atoms with Crippen LogP contribution in [0, 0.1) is 5.41 Å². The van der Waals surface area contributed by atoms with Crippen molar-refractivity contribution in [3.8, 4) is 0 Å². The molecule has 2 aromatic carbocycles. The van der Waals surface area contributed by atoms with Crippen LogP contribution in [0.15, 0.2) is 70.8 Å². The Labute approximate surface area is 199 Å². The molecule has 10 heteroatoms. The van der Waals surface area contributed by atoms with Crippen LogP contribution in [-0.4, -0.2) is 24.8 Å². The molecule has 0 radical (unpaired) electrons. The minimum absolute atomic E-state index is 0.00266. The smallest absolute Gasteiger partial charge is 0.354 e. The van der Waals surface area contributed by atoms with Gasteiger partial charge in [0.25, 0.3) is 0 Å². The molecule has 0 atom stereocenters. The zero-order valence-corrected chi connectivity index (χ0v) is 19.0. The fourth-order valence-corrected chi connectivity index (χ4v) is 2.98. The van der Waals surface area contributed by atoms with Gasteiger partial charge >= 0.3 is 12.4 Å². The number of halogens is 6. The molecule has 0 unspecified atom stereocenters. The molecule has 1 aliphatic rings. The second-order valence-electron chi connectivity index (χ2n) is 8.74. The van der Waals surface area contributed by atoms with Crippen molar-refractivity contribution in [2.24, 2.45) is 15.5 Å². The van der Waals surface area contributed by atoms with Crippen molar-refractivity contribution in [1.82, 2.24) is 10.7 Å². The summed E-state index contributed by atoms with van der Waals surface area (Å²) in [6, 6.07) is 9.25. The second-order valence-corrected chi connectivity index (χ2v) is 8.74. The summed E-state index contributed by atoms with van der Waals surface area (Å²) in [7, 11) is 0. The Bertz CT molecular complexity index is 1050. The Balaban J connectivity index is 1.80. The van der Waals surface area contributed by atoms with Gasteiger partial charge in [0.2, 0.25) is 5.96 Å². The van der Waals surface area contributed by atoms with E-state index >= 15 is 0 Å². The maximum absolute atomic E-state index is 12.8. The van der Waals surface area contributed by atoms with Crippen molar-refractivity contribution in [3.05, 3.63) is 82.9 Å². The van der Waals surface area contributed by atoms with Crippen LogP contribution < -0.4 is 10.7 Å². The van der Waals surface area contributed by atoms with E-state index in [1.165, 1.54) is 24.3 Å². The monoisotopic (exact) mass is 494 g/mol. The molecular formula is C25H24F6N4. The molecule has 0 fully saturated rings. The van der Waals surface area contributed by atoms with Crippen LogP contribution in [0.1, 0.15) is 36.1 Å². The van der Waals surface area contributed by atoms with E-state index in [2.05, 4.69) is 34.7 Å². The lowest BCUT2D eigenvalue weighted by Gasteiger charge is -2.28. The minimum atomic E-state index is -4.43. The van der Waals surface area contributed by atoms with Crippen molar-refractivity contribution in [2.45, 2.75) is 26.2 Å². The number of allylic oxidation sites excluding steroid dienone is 2. The van der Waals surface area contributed by atoms with E-state index in [0.717, 1.165) is 24.3 Å². The molecule has 0 saturated heterocycles. The Morgan fingerprint density at radius 3 is 1.69 bits per heavy atom. The van der Waals surface area contributed by atoms with E-state index in [1.54, 1.807) is 24.3 Å². The molecule has 0 aromatic heterocycles. The van der Waals surface area contributed by atoms with Gasteiger partial charge in [0.05, 0.1) is 16.8 Å². The third-order valence-electron chi connectivity index (χ3n) is 5.06. The maximum Gasteiger partial charge on any atom is 0.416 e. The van der Waals surface area contributed by atoms with Gasteiger partial charge < -0.3 is 5.32 Å². The first-order chi connectivity index (χ1) is 16.3. The molecule has 2 aromatic rings. The van der Waals surface area contributed by atoms with Gasteiger partial charge in [-0.3, -0.25) is 4.99 Å². The van der Waals surface area contributed by atoms with Crippen LogP contribution in [0.4, 0.5) is 26.3 Å². The summed E-state index contributed by atoms with van der Waals surface area (Å²) in [6.07, 6.45) is -2.54. The topological polar surface area (TPSA) is 48.8 Å². The molecule has 1 heterocycles. The van der Waals surface area contributed by atoms with Crippen molar-refractivity contribution in [2.75, 3.05) is 13.1 Å². The molecule has 1 aliphatic heterocycles. The molecule has 3 rings (SSSR count). The number of guanidine groups is 1. The van der Waals surface area contributed by atoms with E-state index in [0.29, 0.717) is 35.9 Å². The summed E-state index contributed by atoms with van der Waals surface area (Å²) in [6.45, 7) is 5.41. The molecule has 35 heavy (non-hydrogen) atoms. The van der Waals surface area contributed by atoms with Gasteiger partial charge in [0.1, 0.15) is 0 Å². The molecule has 0 spiro atoms. The van der Waals surface area contributed by atoms with E-state index in [-0.39, 0.29) is 5.41 Å². The van der Waals surface area contributed by atoms with Crippen LogP contribution in [0.2, 0.25) is 0 Å². The number of hydrazone groups is 1. The molecule has 186 valence electrons. The lowest BCUT2D eigenvalue weighted by Crippen LogP contribution is -2.46. The van der Waals surface area contributed by atoms with Crippen LogP contribution in [0.5, 0.6) is 0 Å². The summed E-state index contributed by atoms with van der Waals surface area (Å²) in [5.41, 5.74) is 2.72. The average Bonchev–Trinajstić information content (AvgIpc) is 2.79. The Hall–Kier alpha value is -3.56. The van der Waals surface area contributed by atoms with E-state index in [9.17, 15) is 26.3 Å². The van der Waals surface area contributed by atoms with Crippen molar-refractivity contribution in [3.63, 3.8) is 0 Å². The third kappa shape index (κ3) is 8.01. The van der Waals surface area contributed by atoms with Crippen molar-refractivity contribution >= 4 is 23.8 Å². The number of benzene rings is 2. The number of nitrogens with one attached hydrogen (secondary N) is 2. The summed E-state index contributed by atoms with van der Waals surface area (Å²) in [5.74, 6) is 0.465. The van der Waals surface area contributed by atoms with Crippen LogP contribution in [-0.2, 0) is 12.4 Å². The van der Waals surface area contributed by atoms with Gasteiger partial charge in [0, 0.05) is 18.5 Å². The maximum atomic E-state index is 12.8. The number of hydrogen-bond donors (Lipinski definition) is 2. The molecule has 0 amide bonds. The van der Waals surface area contributed by atoms with Gasteiger partial charge in [-0.2, -0.15) is 31.4 Å². The van der Waals surface area contributed by atoms with E-state index in [1.807, 2.05) is 0 Å². The van der Waals surface area contributed by atoms with Crippen LogP contribution in [0.3, 0.4) is 0 Å². The third-order valence-corrected chi connectivity index (χ3v) is 5.06. The zero-order valence-electron chi connectivity index (χ0n) is 19.0. The quantitative estimate of drug-likeness (QED) is 0.288. The molecule has 0 saturated carbocycles. The molecule has 0 aliphatic carbocycles. The number of aliphatic imine (C=N–C) groups is 1. The zero-order chi connectivity index (χ0) is 25.7. The molecule has 0 bridgehead atoms. The summed E-state index contributed by atoms with van der Waals surface area (Å²) in [5, 5.41) is 7.40. The highest BCUT2D eigenvalue weighted by molar-refractivity contribution is 6.09. The van der Waals surface area contributed by atoms with Crippen molar-refractivity contribution in [1.29, 1.82) is 0 Å². The van der Waals surface area contributed by atoms with Crippen LogP contribution >= 0.6 is 0 Å². The lowest BCUT2D eigenvalue weighted by molar-refractivity contribution is -0.138. The summed E-state index contributed by atoms with van der Waals surface area (Å²) >= 11 is 0. The SMILES string of the molecule is CC1(C)CN=C(NN=C(/C=C\c2ccc(C(F)(F)F)cc2)/C=C\c2ccc(C(F)(F)F)cc2)NC1. The van der Waals surface area contributed by atoms with Crippen molar-refractivity contribution < 1.29 is 26.3 Å². The highest BCUT2D eigenvalue weighted by Gasteiger charge is 2.30. The number of rotatable bonds is 5. The van der Waals surface area contributed by atoms with Gasteiger partial charge in [-0.25, -0.2) is 5.43 Å². The molecule has 2 N–H and O–H groups in total. The van der Waals surface area contributed by atoms with Crippen LogP contribution in [0.25, 0.3) is 12.2 Å². The standard InChI is InChI=1S/C25H24F6N4/c1-23(2)15-32-22(33-16-23)35-34-21(13-7-17-3-9-19(10-4-17)24(26,27)28)14-8-18-5-11-20(12-6-18)25(29,30)31/h3-14H,15-16H2,1-2H3,(H2,32,33,35)/b13-7-,14-8-. The number of nitrogens with zero attached hydrogens (tertiary/aromatic N) is 2. The average molecular weight is 494 g/mol. The largest absolute Gasteiger partial charge is 0.416 e. The van der Waals surface area contributed by atoms with Gasteiger partial charge in [0.15, 0.2) is 0 Å². The highest BCUT2D eigenvalue weighted by Crippen LogP contribution is 2.30. The van der Waals surface area contributed by atoms with E-state index < -0.39 is 23.5 Å². The minimum Gasteiger partial charge on any atom is -0.354 e. The van der Waals surface area contributed by atoms with Gasteiger partial charge in [-0.15, -0.1) is 0 Å². The molecular weight excluding hydrogens is 470 g/mol. The first-order valence-electron chi connectivity index (χ1n) is 10.6. The first kappa shape index (κ1) is 26.1. The summed E-state index contributed by atoms with van der Waals surface area (Å²) in [4.78, 5) is 4.38. The second kappa shape index (κ2) is 10.4. The fraction of sp³-hybridized carbons (Fsp3) is 0.280. The normalized spacial score (nSPS) is 16.2. The Morgan fingerprint density at radius 2 is 1.31 bits per heavy atom. The Kier molecular flexibility index (Phi) is 7.72. The summed E-state index contributed by atoms with van der Waals surface area (Å²) < 4.78 is 76.7. The van der Waals surface area contributed by atoms with Gasteiger partial charge in [-0.1, -0.05) is 50.3 Å². The first-order valence-corrected chi connectivity index (χ1v) is 10.6. The predicted octanol–water partition coefficient (Wildman–Crippen LogP) is 6.38.